The van der Waals surface area contributed by atoms with Gasteiger partial charge in [0, 0.05) is 31.0 Å². The molecular formula is C18H21ClN2O3. The topological polar surface area (TPSA) is 62.6 Å². The first-order valence-electron chi connectivity index (χ1n) is 8.10. The van der Waals surface area contributed by atoms with E-state index >= 15 is 0 Å². The van der Waals surface area contributed by atoms with Gasteiger partial charge in [0.2, 0.25) is 5.91 Å². The van der Waals surface area contributed by atoms with Crippen molar-refractivity contribution in [3.05, 3.63) is 35.0 Å². The van der Waals surface area contributed by atoms with Crippen LogP contribution < -0.4 is 5.32 Å². The van der Waals surface area contributed by atoms with E-state index in [4.69, 9.17) is 16.0 Å². The van der Waals surface area contributed by atoms with Crippen LogP contribution in [0.5, 0.6) is 0 Å². The minimum Gasteiger partial charge on any atom is -0.451 e. The molecule has 0 atom stereocenters. The summed E-state index contributed by atoms with van der Waals surface area (Å²) in [5.74, 6) is 0.00885. The molecule has 6 heteroatoms. The second kappa shape index (κ2) is 6.48. The number of carbonyl (C=O) groups is 2. The Labute approximate surface area is 145 Å². The summed E-state index contributed by atoms with van der Waals surface area (Å²) in [5, 5.41) is 4.26. The second-order valence-electron chi connectivity index (χ2n) is 6.66. The molecule has 0 aliphatic heterocycles. The molecule has 5 nitrogen and oxygen atoms in total. The molecule has 24 heavy (non-hydrogen) atoms. The van der Waals surface area contributed by atoms with Crippen LogP contribution in [0.15, 0.2) is 28.7 Å². The summed E-state index contributed by atoms with van der Waals surface area (Å²) in [5.41, 5.74) is 0.124. The maximum Gasteiger partial charge on any atom is 0.287 e. The average molecular weight is 349 g/mol. The summed E-state index contributed by atoms with van der Waals surface area (Å²) in [7, 11) is 3.51. The highest BCUT2D eigenvalue weighted by atomic mass is 35.5. The van der Waals surface area contributed by atoms with Gasteiger partial charge in [-0.25, -0.2) is 0 Å². The number of benzene rings is 1. The van der Waals surface area contributed by atoms with Crippen molar-refractivity contribution in [1.82, 2.24) is 10.2 Å². The predicted octanol–water partition coefficient (Wildman–Crippen LogP) is 3.46. The molecule has 2 aromatic rings. The lowest BCUT2D eigenvalue weighted by Crippen LogP contribution is -2.46. The number of fused-ring (bicyclic) bond motifs is 1. The summed E-state index contributed by atoms with van der Waals surface area (Å²) in [6, 6.07) is 6.89. The average Bonchev–Trinajstić information content (AvgIpc) is 3.18. The highest BCUT2D eigenvalue weighted by Crippen LogP contribution is 2.39. The number of rotatable bonds is 4. The van der Waals surface area contributed by atoms with Crippen LogP contribution in [0.3, 0.4) is 0 Å². The third-order valence-corrected chi connectivity index (χ3v) is 4.95. The molecule has 1 saturated carbocycles. The van der Waals surface area contributed by atoms with Gasteiger partial charge < -0.3 is 14.6 Å². The van der Waals surface area contributed by atoms with E-state index in [-0.39, 0.29) is 17.6 Å². The fourth-order valence-electron chi connectivity index (χ4n) is 3.46. The van der Waals surface area contributed by atoms with E-state index in [0.29, 0.717) is 17.2 Å². The van der Waals surface area contributed by atoms with Crippen LogP contribution in [0, 0.1) is 5.41 Å². The Morgan fingerprint density at radius 2 is 1.96 bits per heavy atom. The van der Waals surface area contributed by atoms with Crippen LogP contribution in [0.4, 0.5) is 0 Å². The normalized spacial score (nSPS) is 16.3. The van der Waals surface area contributed by atoms with E-state index in [1.165, 1.54) is 0 Å². The molecular weight excluding hydrogens is 328 g/mol. The summed E-state index contributed by atoms with van der Waals surface area (Å²) >= 11 is 5.95. The van der Waals surface area contributed by atoms with Gasteiger partial charge in [0.25, 0.3) is 5.91 Å². The number of nitrogens with zero attached hydrogens (tertiary/aromatic N) is 1. The molecule has 128 valence electrons. The Balaban J connectivity index is 1.74. The number of carbonyl (C=O) groups excluding carboxylic acids is 2. The Morgan fingerprint density at radius 3 is 2.62 bits per heavy atom. The van der Waals surface area contributed by atoms with Crippen LogP contribution >= 0.6 is 11.6 Å². The number of furan rings is 1. The standard InChI is InChI=1S/C18H21ClN2O3/c1-21(2)17(23)18(7-3-4-8-18)11-20-16(22)15-10-12-9-13(19)5-6-14(12)24-15/h5-6,9-10H,3-4,7-8,11H2,1-2H3,(H,20,22). The maximum atomic E-state index is 12.5. The monoisotopic (exact) mass is 348 g/mol. The smallest absolute Gasteiger partial charge is 0.287 e. The quantitative estimate of drug-likeness (QED) is 0.920. The lowest BCUT2D eigenvalue weighted by molar-refractivity contribution is -0.138. The van der Waals surface area contributed by atoms with Crippen molar-refractivity contribution in [3.8, 4) is 0 Å². The molecule has 0 spiro atoms. The zero-order valence-corrected chi connectivity index (χ0v) is 14.7. The van der Waals surface area contributed by atoms with Crippen molar-refractivity contribution in [2.45, 2.75) is 25.7 Å². The first-order valence-corrected chi connectivity index (χ1v) is 8.48. The van der Waals surface area contributed by atoms with Crippen molar-refractivity contribution in [1.29, 1.82) is 0 Å². The van der Waals surface area contributed by atoms with E-state index in [2.05, 4.69) is 5.32 Å². The molecule has 1 aliphatic carbocycles. The minimum atomic E-state index is -0.492. The van der Waals surface area contributed by atoms with Gasteiger partial charge in [0.05, 0.1) is 5.41 Å². The predicted molar refractivity (Wildman–Crippen MR) is 93.2 cm³/mol. The van der Waals surface area contributed by atoms with Crippen molar-refractivity contribution >= 4 is 34.4 Å². The van der Waals surface area contributed by atoms with E-state index in [1.54, 1.807) is 43.3 Å². The minimum absolute atomic E-state index is 0.0803. The van der Waals surface area contributed by atoms with Gasteiger partial charge in [-0.05, 0) is 37.1 Å². The van der Waals surface area contributed by atoms with E-state index < -0.39 is 5.41 Å². The zero-order valence-electron chi connectivity index (χ0n) is 13.9. The molecule has 1 aromatic carbocycles. The lowest BCUT2D eigenvalue weighted by atomic mass is 9.84. The SMILES string of the molecule is CN(C)C(=O)C1(CNC(=O)c2cc3cc(Cl)ccc3o2)CCCC1. The zero-order chi connectivity index (χ0) is 17.3. The van der Waals surface area contributed by atoms with Crippen molar-refractivity contribution in [2.24, 2.45) is 5.41 Å². The van der Waals surface area contributed by atoms with Crippen molar-refractivity contribution < 1.29 is 14.0 Å². The Morgan fingerprint density at radius 1 is 1.25 bits per heavy atom. The third kappa shape index (κ3) is 3.13. The van der Waals surface area contributed by atoms with Gasteiger partial charge in [-0.3, -0.25) is 9.59 Å². The molecule has 0 radical (unpaired) electrons. The van der Waals surface area contributed by atoms with Gasteiger partial charge in [-0.15, -0.1) is 0 Å². The number of hydrogen-bond acceptors (Lipinski definition) is 3. The Kier molecular flexibility index (Phi) is 4.54. The lowest BCUT2D eigenvalue weighted by Gasteiger charge is -2.30. The van der Waals surface area contributed by atoms with Crippen LogP contribution in [0.1, 0.15) is 36.2 Å². The first kappa shape index (κ1) is 16.8. The van der Waals surface area contributed by atoms with Crippen LogP contribution in [0.2, 0.25) is 5.02 Å². The molecule has 0 unspecified atom stereocenters. The number of halogens is 1. The van der Waals surface area contributed by atoms with Gasteiger partial charge in [-0.2, -0.15) is 0 Å². The molecule has 1 fully saturated rings. The highest BCUT2D eigenvalue weighted by Gasteiger charge is 2.42. The van der Waals surface area contributed by atoms with Crippen LogP contribution in [-0.4, -0.2) is 37.4 Å². The molecule has 1 N–H and O–H groups in total. The van der Waals surface area contributed by atoms with E-state index in [0.717, 1.165) is 31.1 Å². The van der Waals surface area contributed by atoms with Crippen molar-refractivity contribution in [3.63, 3.8) is 0 Å². The molecule has 1 heterocycles. The third-order valence-electron chi connectivity index (χ3n) is 4.71. The van der Waals surface area contributed by atoms with Gasteiger partial charge in [-0.1, -0.05) is 24.4 Å². The Bertz CT molecular complexity index is 776. The Hall–Kier alpha value is -2.01. The van der Waals surface area contributed by atoms with Crippen LogP contribution in [-0.2, 0) is 4.79 Å². The number of amides is 2. The maximum absolute atomic E-state index is 12.5. The largest absolute Gasteiger partial charge is 0.451 e. The summed E-state index contributed by atoms with van der Waals surface area (Å²) in [6.07, 6.45) is 3.64. The van der Waals surface area contributed by atoms with Gasteiger partial charge >= 0.3 is 0 Å². The molecule has 2 amide bonds. The van der Waals surface area contributed by atoms with Crippen LogP contribution in [0.25, 0.3) is 11.0 Å². The summed E-state index contributed by atoms with van der Waals surface area (Å²) in [4.78, 5) is 26.6. The summed E-state index contributed by atoms with van der Waals surface area (Å²) in [6.45, 7) is 0.334. The fraction of sp³-hybridized carbons (Fsp3) is 0.444. The molecule has 0 saturated heterocycles. The molecule has 0 bridgehead atoms. The summed E-state index contributed by atoms with van der Waals surface area (Å²) < 4.78 is 5.57. The van der Waals surface area contributed by atoms with E-state index in [1.807, 2.05) is 0 Å². The molecule has 1 aliphatic rings. The van der Waals surface area contributed by atoms with Gasteiger partial charge in [0.1, 0.15) is 5.58 Å². The van der Waals surface area contributed by atoms with Gasteiger partial charge in [0.15, 0.2) is 5.76 Å². The van der Waals surface area contributed by atoms with E-state index in [9.17, 15) is 9.59 Å². The molecule has 3 rings (SSSR count). The number of hydrogen-bond donors (Lipinski definition) is 1. The second-order valence-corrected chi connectivity index (χ2v) is 7.10. The number of nitrogens with one attached hydrogen (secondary N) is 1. The first-order chi connectivity index (χ1) is 11.4. The molecule has 1 aromatic heterocycles. The van der Waals surface area contributed by atoms with Crippen molar-refractivity contribution in [2.75, 3.05) is 20.6 Å². The highest BCUT2D eigenvalue weighted by molar-refractivity contribution is 6.31. The fourth-order valence-corrected chi connectivity index (χ4v) is 3.64.